The van der Waals surface area contributed by atoms with Gasteiger partial charge in [0.05, 0.1) is 11.6 Å². The van der Waals surface area contributed by atoms with Gasteiger partial charge in [0.1, 0.15) is 12.4 Å². The predicted octanol–water partition coefficient (Wildman–Crippen LogP) is 1.23. The fourth-order valence-electron chi connectivity index (χ4n) is 1.90. The van der Waals surface area contributed by atoms with Gasteiger partial charge in [-0.25, -0.2) is 0 Å². The number of carbonyl (C=O) groups is 2. The van der Waals surface area contributed by atoms with Gasteiger partial charge >= 0.3 is 0 Å². The standard InChI is InChI=1S/C13H13NO4/c15-8-18-7-10-12(16)6-11(14-13(10)17)9-4-2-1-3-5-9/h1-5,8,11,16H,6-7H2,(H,14,17). The second-order valence-electron chi connectivity index (χ2n) is 3.97. The summed E-state index contributed by atoms with van der Waals surface area (Å²) in [6.07, 6.45) is 0.299. The number of aliphatic hydroxyl groups is 1. The third kappa shape index (κ3) is 2.51. The van der Waals surface area contributed by atoms with Gasteiger partial charge in [0.2, 0.25) is 0 Å². The summed E-state index contributed by atoms with van der Waals surface area (Å²) in [5.41, 5.74) is 1.03. The summed E-state index contributed by atoms with van der Waals surface area (Å²) in [7, 11) is 0. The number of nitrogens with one attached hydrogen (secondary N) is 1. The molecule has 2 rings (SSSR count). The van der Waals surface area contributed by atoms with Crippen LogP contribution in [0.3, 0.4) is 0 Å². The van der Waals surface area contributed by atoms with Crippen LogP contribution in [-0.2, 0) is 14.3 Å². The first-order valence-corrected chi connectivity index (χ1v) is 5.54. The largest absolute Gasteiger partial charge is 0.512 e. The van der Waals surface area contributed by atoms with Gasteiger partial charge in [-0.15, -0.1) is 0 Å². The van der Waals surface area contributed by atoms with Crippen LogP contribution < -0.4 is 5.32 Å². The molecule has 1 heterocycles. The maximum absolute atomic E-state index is 11.8. The Morgan fingerprint density at radius 3 is 2.72 bits per heavy atom. The zero-order valence-electron chi connectivity index (χ0n) is 9.63. The predicted molar refractivity (Wildman–Crippen MR) is 63.6 cm³/mol. The van der Waals surface area contributed by atoms with E-state index in [4.69, 9.17) is 0 Å². The maximum Gasteiger partial charge on any atom is 0.293 e. The lowest BCUT2D eigenvalue weighted by molar-refractivity contribution is -0.128. The van der Waals surface area contributed by atoms with Crippen LogP contribution in [0.2, 0.25) is 0 Å². The van der Waals surface area contributed by atoms with Gasteiger partial charge in [-0.3, -0.25) is 9.59 Å². The number of carbonyl (C=O) groups excluding carboxylic acids is 2. The van der Waals surface area contributed by atoms with Crippen LogP contribution in [-0.4, -0.2) is 24.1 Å². The van der Waals surface area contributed by atoms with Crippen molar-refractivity contribution >= 4 is 12.4 Å². The van der Waals surface area contributed by atoms with E-state index in [9.17, 15) is 14.7 Å². The molecule has 0 saturated heterocycles. The third-order valence-corrected chi connectivity index (χ3v) is 2.82. The van der Waals surface area contributed by atoms with E-state index in [1.54, 1.807) is 0 Å². The first kappa shape index (κ1) is 12.2. The molecule has 0 aliphatic carbocycles. The molecule has 1 atom stereocenters. The van der Waals surface area contributed by atoms with Crippen LogP contribution in [0.15, 0.2) is 41.7 Å². The molecule has 5 heteroatoms. The topological polar surface area (TPSA) is 75.6 Å². The number of hydrogen-bond acceptors (Lipinski definition) is 4. The molecule has 1 unspecified atom stereocenters. The van der Waals surface area contributed by atoms with Crippen molar-refractivity contribution in [2.75, 3.05) is 6.61 Å². The Labute approximate surface area is 104 Å². The van der Waals surface area contributed by atoms with E-state index in [-0.39, 0.29) is 30.5 Å². The molecule has 1 amide bonds. The zero-order chi connectivity index (χ0) is 13.0. The van der Waals surface area contributed by atoms with Gasteiger partial charge in [0.25, 0.3) is 12.4 Å². The average molecular weight is 247 g/mol. The highest BCUT2D eigenvalue weighted by Crippen LogP contribution is 2.26. The minimum absolute atomic E-state index is 0.0329. The number of amides is 1. The summed E-state index contributed by atoms with van der Waals surface area (Å²) in [4.78, 5) is 21.9. The molecule has 2 N–H and O–H groups in total. The molecule has 1 aliphatic heterocycles. The molecule has 0 radical (unpaired) electrons. The second kappa shape index (κ2) is 5.35. The quantitative estimate of drug-likeness (QED) is 0.785. The van der Waals surface area contributed by atoms with Crippen molar-refractivity contribution in [2.45, 2.75) is 12.5 Å². The van der Waals surface area contributed by atoms with E-state index in [2.05, 4.69) is 10.1 Å². The lowest BCUT2D eigenvalue weighted by Crippen LogP contribution is -2.36. The van der Waals surface area contributed by atoms with Gasteiger partial charge in [-0.2, -0.15) is 0 Å². The number of benzene rings is 1. The second-order valence-corrected chi connectivity index (χ2v) is 3.97. The third-order valence-electron chi connectivity index (χ3n) is 2.82. The van der Waals surface area contributed by atoms with E-state index < -0.39 is 5.91 Å². The molecular weight excluding hydrogens is 234 g/mol. The average Bonchev–Trinajstić information content (AvgIpc) is 2.39. The Balaban J connectivity index is 2.16. The summed E-state index contributed by atoms with van der Waals surface area (Å²) in [5, 5.41) is 12.6. The Bertz CT molecular complexity index is 481. The lowest BCUT2D eigenvalue weighted by Gasteiger charge is -2.25. The Hall–Kier alpha value is -2.30. The SMILES string of the molecule is O=COCC1=C(O)CC(c2ccccc2)NC1=O. The van der Waals surface area contributed by atoms with Crippen molar-refractivity contribution in [3.05, 3.63) is 47.2 Å². The van der Waals surface area contributed by atoms with Crippen LogP contribution in [0.1, 0.15) is 18.0 Å². The maximum atomic E-state index is 11.8. The molecule has 0 aromatic heterocycles. The van der Waals surface area contributed by atoms with Crippen molar-refractivity contribution in [3.8, 4) is 0 Å². The summed E-state index contributed by atoms with van der Waals surface area (Å²) in [5.74, 6) is -0.441. The van der Waals surface area contributed by atoms with Crippen molar-refractivity contribution < 1.29 is 19.4 Å². The first-order chi connectivity index (χ1) is 8.72. The smallest absolute Gasteiger partial charge is 0.293 e. The van der Waals surface area contributed by atoms with Gasteiger partial charge in [0, 0.05) is 6.42 Å². The normalized spacial score (nSPS) is 19.3. The summed E-state index contributed by atoms with van der Waals surface area (Å²) in [6.45, 7) is 0.0412. The highest BCUT2D eigenvalue weighted by atomic mass is 16.5. The van der Waals surface area contributed by atoms with E-state index >= 15 is 0 Å². The molecule has 94 valence electrons. The molecule has 0 bridgehead atoms. The summed E-state index contributed by atoms with van der Waals surface area (Å²) >= 11 is 0. The van der Waals surface area contributed by atoms with E-state index in [1.807, 2.05) is 30.3 Å². The van der Waals surface area contributed by atoms with Gasteiger partial charge < -0.3 is 15.2 Å². The summed E-state index contributed by atoms with van der Waals surface area (Å²) < 4.78 is 4.50. The molecule has 1 aromatic rings. The number of ether oxygens (including phenoxy) is 1. The van der Waals surface area contributed by atoms with Crippen molar-refractivity contribution in [1.29, 1.82) is 0 Å². The molecular formula is C13H13NO4. The molecule has 0 fully saturated rings. The van der Waals surface area contributed by atoms with Gasteiger partial charge in [-0.05, 0) is 5.56 Å². The Morgan fingerprint density at radius 2 is 2.11 bits per heavy atom. The molecule has 1 aromatic carbocycles. The van der Waals surface area contributed by atoms with Gasteiger partial charge in [-0.1, -0.05) is 30.3 Å². The highest BCUT2D eigenvalue weighted by molar-refractivity contribution is 5.95. The van der Waals surface area contributed by atoms with Crippen LogP contribution in [0.4, 0.5) is 0 Å². The Kier molecular flexibility index (Phi) is 3.62. The van der Waals surface area contributed by atoms with Crippen molar-refractivity contribution in [3.63, 3.8) is 0 Å². The lowest BCUT2D eigenvalue weighted by atomic mass is 9.97. The minimum Gasteiger partial charge on any atom is -0.512 e. The molecule has 0 saturated carbocycles. The van der Waals surface area contributed by atoms with E-state index in [0.29, 0.717) is 6.42 Å². The highest BCUT2D eigenvalue weighted by Gasteiger charge is 2.27. The van der Waals surface area contributed by atoms with Gasteiger partial charge in [0.15, 0.2) is 0 Å². The van der Waals surface area contributed by atoms with Crippen LogP contribution in [0.5, 0.6) is 0 Å². The van der Waals surface area contributed by atoms with E-state index in [1.165, 1.54) is 0 Å². The van der Waals surface area contributed by atoms with Crippen LogP contribution in [0, 0.1) is 0 Å². The van der Waals surface area contributed by atoms with Crippen LogP contribution >= 0.6 is 0 Å². The molecule has 18 heavy (non-hydrogen) atoms. The summed E-state index contributed by atoms with van der Waals surface area (Å²) in [6, 6.07) is 9.13. The molecule has 0 spiro atoms. The minimum atomic E-state index is -0.408. The first-order valence-electron chi connectivity index (χ1n) is 5.54. The van der Waals surface area contributed by atoms with Crippen molar-refractivity contribution in [1.82, 2.24) is 5.32 Å². The fraction of sp³-hybridized carbons (Fsp3) is 0.231. The molecule has 5 nitrogen and oxygen atoms in total. The number of hydrogen-bond donors (Lipinski definition) is 2. The fourth-order valence-corrected chi connectivity index (χ4v) is 1.90. The van der Waals surface area contributed by atoms with Crippen molar-refractivity contribution in [2.24, 2.45) is 0 Å². The van der Waals surface area contributed by atoms with E-state index in [0.717, 1.165) is 5.56 Å². The van der Waals surface area contributed by atoms with Crippen LogP contribution in [0.25, 0.3) is 0 Å². The Morgan fingerprint density at radius 1 is 1.39 bits per heavy atom. The zero-order valence-corrected chi connectivity index (χ0v) is 9.63. The molecule has 1 aliphatic rings. The monoisotopic (exact) mass is 247 g/mol. The number of rotatable bonds is 4. The number of aliphatic hydroxyl groups excluding tert-OH is 1.